The van der Waals surface area contributed by atoms with E-state index in [4.69, 9.17) is 10.7 Å². The Morgan fingerprint density at radius 3 is 2.40 bits per heavy atom. The third-order valence-electron chi connectivity index (χ3n) is 2.50. The zero-order chi connectivity index (χ0) is 15.6. The van der Waals surface area contributed by atoms with Crippen LogP contribution in [0.2, 0.25) is 0 Å². The molecule has 0 radical (unpaired) electrons. The highest BCUT2D eigenvalue weighted by Crippen LogP contribution is 2.28. The van der Waals surface area contributed by atoms with E-state index in [2.05, 4.69) is 5.32 Å². The average Bonchev–Trinajstić information content (AvgIpc) is 2.71. The zero-order valence-electron chi connectivity index (χ0n) is 10.8. The predicted octanol–water partition coefficient (Wildman–Crippen LogP) is 1.15. The van der Waals surface area contributed by atoms with Gasteiger partial charge in [-0.2, -0.15) is 0 Å². The summed E-state index contributed by atoms with van der Waals surface area (Å²) in [6.45, 7) is 3.05. The van der Waals surface area contributed by atoms with Gasteiger partial charge >= 0.3 is 0 Å². The van der Waals surface area contributed by atoms with Gasteiger partial charge in [0.05, 0.1) is 15.5 Å². The molecule has 0 aliphatic rings. The first-order chi connectivity index (χ1) is 9.07. The number of carbonyl (C=O) groups is 1. The first-order valence-corrected chi connectivity index (χ1v) is 10.6. The molecule has 0 atom stereocenters. The Labute approximate surface area is 126 Å². The van der Waals surface area contributed by atoms with Crippen LogP contribution >= 0.6 is 22.0 Å². The quantitative estimate of drug-likeness (QED) is 0.768. The lowest BCUT2D eigenvalue weighted by Crippen LogP contribution is -2.29. The maximum absolute atomic E-state index is 11.8. The summed E-state index contributed by atoms with van der Waals surface area (Å²) in [4.78, 5) is 12.3. The molecule has 0 saturated carbocycles. The number of thiophene rings is 1. The maximum atomic E-state index is 11.8. The monoisotopic (exact) mass is 359 g/mol. The molecule has 1 heterocycles. The molecule has 1 amide bonds. The van der Waals surface area contributed by atoms with Crippen LogP contribution < -0.4 is 5.32 Å². The molecule has 1 N–H and O–H groups in total. The van der Waals surface area contributed by atoms with E-state index >= 15 is 0 Å². The summed E-state index contributed by atoms with van der Waals surface area (Å²) < 4.78 is 45.0. The molecule has 0 saturated heterocycles. The minimum absolute atomic E-state index is 0.00954. The summed E-state index contributed by atoms with van der Waals surface area (Å²) in [5.74, 6) is -0.661. The summed E-state index contributed by atoms with van der Waals surface area (Å²) in [5, 5.41) is 2.44. The van der Waals surface area contributed by atoms with Crippen LogP contribution in [0, 0.1) is 6.92 Å². The second-order valence-electron chi connectivity index (χ2n) is 3.96. The molecule has 0 spiro atoms. The van der Waals surface area contributed by atoms with Gasteiger partial charge in [-0.3, -0.25) is 4.79 Å². The number of hydrogen-bond acceptors (Lipinski definition) is 6. The number of carbonyl (C=O) groups excluding carboxylic acids is 1. The highest BCUT2D eigenvalue weighted by molar-refractivity contribution is 8.13. The first-order valence-electron chi connectivity index (χ1n) is 5.60. The van der Waals surface area contributed by atoms with E-state index in [-0.39, 0.29) is 27.8 Å². The van der Waals surface area contributed by atoms with Gasteiger partial charge in [-0.15, -0.1) is 11.3 Å². The number of aryl methyl sites for hydroxylation is 1. The standard InChI is InChI=1S/C10H14ClNO5S3/c1-3-19(14,15)5-4-12-10(13)8-6-9(7(2)18-8)20(11,16)17/h6H,3-5H2,1-2H3,(H,12,13). The van der Waals surface area contributed by atoms with E-state index in [0.717, 1.165) is 11.3 Å². The molecule has 1 rings (SSSR count). The lowest BCUT2D eigenvalue weighted by molar-refractivity contribution is 0.0960. The lowest BCUT2D eigenvalue weighted by atomic mass is 10.4. The van der Waals surface area contributed by atoms with Gasteiger partial charge in [0, 0.05) is 27.9 Å². The summed E-state index contributed by atoms with van der Waals surface area (Å²) in [6.07, 6.45) is 0. The third-order valence-corrected chi connectivity index (χ3v) is 6.83. The molecule has 1 aromatic heterocycles. The molecule has 20 heavy (non-hydrogen) atoms. The van der Waals surface area contributed by atoms with E-state index in [1.165, 1.54) is 19.9 Å². The Morgan fingerprint density at radius 1 is 1.35 bits per heavy atom. The van der Waals surface area contributed by atoms with Gasteiger partial charge in [-0.1, -0.05) is 6.92 Å². The number of rotatable bonds is 6. The largest absolute Gasteiger partial charge is 0.350 e. The normalized spacial score (nSPS) is 12.3. The first kappa shape index (κ1) is 17.4. The molecule has 0 bridgehead atoms. The van der Waals surface area contributed by atoms with Crippen molar-refractivity contribution in [3.05, 3.63) is 15.8 Å². The van der Waals surface area contributed by atoms with Crippen molar-refractivity contribution in [3.8, 4) is 0 Å². The van der Waals surface area contributed by atoms with Crippen LogP contribution in [0.15, 0.2) is 11.0 Å². The smallest absolute Gasteiger partial charge is 0.262 e. The van der Waals surface area contributed by atoms with E-state index in [9.17, 15) is 21.6 Å². The van der Waals surface area contributed by atoms with Crippen molar-refractivity contribution in [2.45, 2.75) is 18.7 Å². The van der Waals surface area contributed by atoms with Crippen molar-refractivity contribution in [3.63, 3.8) is 0 Å². The highest BCUT2D eigenvalue weighted by atomic mass is 35.7. The minimum atomic E-state index is -3.89. The van der Waals surface area contributed by atoms with Gasteiger partial charge in [0.25, 0.3) is 15.0 Å². The minimum Gasteiger partial charge on any atom is -0.350 e. The maximum Gasteiger partial charge on any atom is 0.262 e. The topological polar surface area (TPSA) is 97.4 Å². The molecule has 0 aromatic carbocycles. The molecule has 0 fully saturated rings. The number of halogens is 1. The molecule has 6 nitrogen and oxygen atoms in total. The van der Waals surface area contributed by atoms with Gasteiger partial charge in [0.1, 0.15) is 0 Å². The van der Waals surface area contributed by atoms with Crippen LogP contribution in [0.3, 0.4) is 0 Å². The Kier molecular flexibility index (Phi) is 5.59. The third kappa shape index (κ3) is 4.72. The van der Waals surface area contributed by atoms with Gasteiger partial charge in [-0.25, -0.2) is 16.8 Å². The Morgan fingerprint density at radius 2 is 1.95 bits per heavy atom. The van der Waals surface area contributed by atoms with Gasteiger partial charge in [0.2, 0.25) is 0 Å². The average molecular weight is 360 g/mol. The van der Waals surface area contributed by atoms with Crippen LogP contribution in [-0.4, -0.2) is 40.8 Å². The molecule has 1 aromatic rings. The van der Waals surface area contributed by atoms with Crippen LogP contribution in [0.1, 0.15) is 21.5 Å². The Hall–Kier alpha value is -0.640. The van der Waals surface area contributed by atoms with E-state index in [1.54, 1.807) is 0 Å². The molecule has 0 aliphatic carbocycles. The predicted molar refractivity (Wildman–Crippen MR) is 78.8 cm³/mol. The molecule has 0 aliphatic heterocycles. The summed E-state index contributed by atoms with van der Waals surface area (Å²) >= 11 is 0.988. The van der Waals surface area contributed by atoms with E-state index < -0.39 is 24.8 Å². The second kappa shape index (κ2) is 6.42. The van der Waals surface area contributed by atoms with Crippen molar-refractivity contribution in [1.29, 1.82) is 0 Å². The van der Waals surface area contributed by atoms with Crippen LogP contribution in [0.25, 0.3) is 0 Å². The van der Waals surface area contributed by atoms with Crippen molar-refractivity contribution < 1.29 is 21.6 Å². The number of nitrogens with one attached hydrogen (secondary N) is 1. The fourth-order valence-corrected chi connectivity index (χ4v) is 4.65. The van der Waals surface area contributed by atoms with Gasteiger partial charge in [-0.05, 0) is 13.0 Å². The van der Waals surface area contributed by atoms with Crippen LogP contribution in [-0.2, 0) is 18.9 Å². The zero-order valence-corrected chi connectivity index (χ0v) is 14.0. The fraction of sp³-hybridized carbons (Fsp3) is 0.500. The molecular formula is C10H14ClNO5S3. The van der Waals surface area contributed by atoms with Gasteiger partial charge in [0.15, 0.2) is 9.84 Å². The molecular weight excluding hydrogens is 346 g/mol. The highest BCUT2D eigenvalue weighted by Gasteiger charge is 2.20. The van der Waals surface area contributed by atoms with Gasteiger partial charge < -0.3 is 5.32 Å². The molecule has 114 valence electrons. The van der Waals surface area contributed by atoms with E-state index in [0.29, 0.717) is 4.88 Å². The number of amides is 1. The Bertz CT molecular complexity index is 705. The molecule has 0 unspecified atom stereocenters. The number of sulfone groups is 1. The van der Waals surface area contributed by atoms with Crippen molar-refractivity contribution >= 4 is 46.8 Å². The van der Waals surface area contributed by atoms with Crippen LogP contribution in [0.4, 0.5) is 0 Å². The summed E-state index contributed by atoms with van der Waals surface area (Å²) in [6, 6.07) is 1.19. The van der Waals surface area contributed by atoms with E-state index in [1.807, 2.05) is 0 Å². The summed E-state index contributed by atoms with van der Waals surface area (Å²) in [5.41, 5.74) is 0. The second-order valence-corrected chi connectivity index (χ2v) is 10.2. The summed E-state index contributed by atoms with van der Waals surface area (Å²) in [7, 11) is -1.81. The van der Waals surface area contributed by atoms with Crippen LogP contribution in [0.5, 0.6) is 0 Å². The van der Waals surface area contributed by atoms with Crippen molar-refractivity contribution in [2.24, 2.45) is 0 Å². The van der Waals surface area contributed by atoms with Crippen molar-refractivity contribution in [2.75, 3.05) is 18.1 Å². The Balaban J connectivity index is 2.75. The number of hydrogen-bond donors (Lipinski definition) is 1. The fourth-order valence-electron chi connectivity index (χ4n) is 1.37. The van der Waals surface area contributed by atoms with Crippen molar-refractivity contribution in [1.82, 2.24) is 5.32 Å². The SMILES string of the molecule is CCS(=O)(=O)CCNC(=O)c1cc(S(=O)(=O)Cl)c(C)s1. The lowest BCUT2D eigenvalue weighted by Gasteiger charge is -2.03. The molecule has 10 heteroatoms.